The number of nitrogens with zero attached hydrogens (tertiary/aromatic N) is 6. The summed E-state index contributed by atoms with van der Waals surface area (Å²) in [6.07, 6.45) is 1.71. The molecule has 0 atom stereocenters. The molecule has 0 radical (unpaired) electrons. The quantitative estimate of drug-likeness (QED) is 0.499. The molecule has 8 nitrogen and oxygen atoms in total. The second-order valence-corrected chi connectivity index (χ2v) is 7.86. The molecule has 2 aromatic heterocycles. The molecule has 8 heteroatoms. The molecule has 1 fully saturated rings. The van der Waals surface area contributed by atoms with Crippen molar-refractivity contribution < 1.29 is 4.79 Å². The largest absolute Gasteiger partial charge is 0.336 e. The van der Waals surface area contributed by atoms with Gasteiger partial charge in [-0.05, 0) is 42.3 Å². The molecular formula is C24H24N6O2. The van der Waals surface area contributed by atoms with Gasteiger partial charge in [0.2, 0.25) is 0 Å². The Morgan fingerprint density at radius 2 is 1.78 bits per heavy atom. The number of benzene rings is 2. The first-order chi connectivity index (χ1) is 15.6. The summed E-state index contributed by atoms with van der Waals surface area (Å²) in [5.41, 5.74) is 1.93. The molecule has 1 saturated heterocycles. The number of piperazine rings is 1. The Kier molecular flexibility index (Phi) is 5.28. The second-order valence-electron chi connectivity index (χ2n) is 7.86. The normalized spacial score (nSPS) is 14.7. The van der Waals surface area contributed by atoms with E-state index in [0.717, 1.165) is 49.3 Å². The molecule has 1 aliphatic rings. The average Bonchev–Trinajstić information content (AvgIpc) is 3.33. The first-order valence-corrected chi connectivity index (χ1v) is 10.8. The summed E-state index contributed by atoms with van der Waals surface area (Å²) in [7, 11) is 0. The van der Waals surface area contributed by atoms with Gasteiger partial charge in [-0.2, -0.15) is 0 Å². The van der Waals surface area contributed by atoms with Crippen LogP contribution in [0.3, 0.4) is 0 Å². The molecule has 0 spiro atoms. The number of hydrogen-bond acceptors (Lipinski definition) is 5. The number of likely N-dealkylation sites (N-methyl/N-ethyl adjacent to an activating group) is 1. The molecule has 1 amide bonds. The number of aromatic nitrogens is 4. The summed E-state index contributed by atoms with van der Waals surface area (Å²) in [6.45, 7) is 6.40. The highest BCUT2D eigenvalue weighted by Crippen LogP contribution is 2.17. The van der Waals surface area contributed by atoms with Crippen LogP contribution in [0.5, 0.6) is 0 Å². The number of fused-ring (bicyclic) bond motifs is 1. The summed E-state index contributed by atoms with van der Waals surface area (Å²) in [4.78, 5) is 29.8. The van der Waals surface area contributed by atoms with Gasteiger partial charge in [0.1, 0.15) is 0 Å². The van der Waals surface area contributed by atoms with Gasteiger partial charge in [0, 0.05) is 37.8 Å². The molecule has 162 valence electrons. The van der Waals surface area contributed by atoms with Crippen LogP contribution in [0.25, 0.3) is 22.4 Å². The highest BCUT2D eigenvalue weighted by molar-refractivity contribution is 5.94. The third kappa shape index (κ3) is 3.69. The van der Waals surface area contributed by atoms with Crippen LogP contribution in [0, 0.1) is 0 Å². The highest BCUT2D eigenvalue weighted by atomic mass is 16.2. The first-order valence-electron chi connectivity index (χ1n) is 10.8. The van der Waals surface area contributed by atoms with Crippen molar-refractivity contribution in [3.63, 3.8) is 0 Å². The first kappa shape index (κ1) is 20.1. The van der Waals surface area contributed by atoms with Crippen LogP contribution in [0.2, 0.25) is 0 Å². The number of para-hydroxylation sites is 1. The van der Waals surface area contributed by atoms with Gasteiger partial charge in [-0.3, -0.25) is 14.2 Å². The van der Waals surface area contributed by atoms with E-state index in [1.807, 2.05) is 53.4 Å². The van der Waals surface area contributed by atoms with Gasteiger partial charge in [0.15, 0.2) is 5.82 Å². The molecule has 0 saturated carbocycles. The van der Waals surface area contributed by atoms with Crippen molar-refractivity contribution in [2.75, 3.05) is 32.7 Å². The van der Waals surface area contributed by atoms with Gasteiger partial charge in [-0.1, -0.05) is 36.4 Å². The Morgan fingerprint density at radius 1 is 0.969 bits per heavy atom. The fraction of sp³-hybridized carbons (Fsp3) is 0.250. The van der Waals surface area contributed by atoms with Crippen molar-refractivity contribution in [3.05, 3.63) is 82.8 Å². The molecule has 4 aromatic rings. The molecule has 1 aliphatic heterocycles. The molecule has 0 unspecified atom stereocenters. The van der Waals surface area contributed by atoms with Crippen LogP contribution in [-0.4, -0.2) is 68.0 Å². The lowest BCUT2D eigenvalue weighted by Crippen LogP contribution is -2.48. The lowest BCUT2D eigenvalue weighted by molar-refractivity contribution is 0.0643. The van der Waals surface area contributed by atoms with E-state index in [1.54, 1.807) is 21.5 Å². The maximum Gasteiger partial charge on any atom is 0.256 e. The fourth-order valence-corrected chi connectivity index (χ4v) is 4.14. The van der Waals surface area contributed by atoms with Crippen molar-refractivity contribution >= 4 is 16.8 Å². The predicted molar refractivity (Wildman–Crippen MR) is 122 cm³/mol. The lowest BCUT2D eigenvalue weighted by Gasteiger charge is -2.34. The van der Waals surface area contributed by atoms with Crippen LogP contribution in [0.15, 0.2) is 71.7 Å². The highest BCUT2D eigenvalue weighted by Gasteiger charge is 2.21. The fourth-order valence-electron chi connectivity index (χ4n) is 4.14. The molecular weight excluding hydrogens is 404 g/mol. The summed E-state index contributed by atoms with van der Waals surface area (Å²) in [5, 5.41) is 9.39. The minimum Gasteiger partial charge on any atom is -0.336 e. The smallest absolute Gasteiger partial charge is 0.256 e. The van der Waals surface area contributed by atoms with Gasteiger partial charge in [-0.15, -0.1) is 5.10 Å². The predicted octanol–water partition coefficient (Wildman–Crippen LogP) is 2.35. The van der Waals surface area contributed by atoms with E-state index in [-0.39, 0.29) is 11.5 Å². The third-order valence-electron chi connectivity index (χ3n) is 5.98. The van der Waals surface area contributed by atoms with E-state index >= 15 is 0 Å². The molecule has 0 aliphatic carbocycles. The minimum absolute atomic E-state index is 0.0215. The van der Waals surface area contributed by atoms with Crippen molar-refractivity contribution in [1.29, 1.82) is 0 Å². The Labute approximate surface area is 185 Å². The minimum atomic E-state index is -0.175. The van der Waals surface area contributed by atoms with Crippen LogP contribution in [0.1, 0.15) is 17.3 Å². The standard InChI is InChI=1S/C24H24N6O2/c1-2-27-12-14-28(15-13-27)24(32)19-7-5-8-20(16-19)29-17-22(25-26-29)30-21-9-4-3-6-18(21)10-11-23(30)31/h3-11,16-17H,2,12-15H2,1H3. The zero-order valence-electron chi connectivity index (χ0n) is 17.9. The van der Waals surface area contributed by atoms with Gasteiger partial charge in [-0.25, -0.2) is 4.68 Å². The van der Waals surface area contributed by atoms with Crippen LogP contribution in [0.4, 0.5) is 0 Å². The zero-order chi connectivity index (χ0) is 22.1. The Balaban J connectivity index is 1.44. The Hall–Kier alpha value is -3.78. The molecule has 0 N–H and O–H groups in total. The van der Waals surface area contributed by atoms with Crippen LogP contribution < -0.4 is 5.56 Å². The Bertz CT molecular complexity index is 1330. The van der Waals surface area contributed by atoms with Crippen molar-refractivity contribution in [2.45, 2.75) is 6.92 Å². The van der Waals surface area contributed by atoms with Crippen molar-refractivity contribution in [1.82, 2.24) is 29.4 Å². The molecule has 2 aromatic carbocycles. The molecule has 0 bridgehead atoms. The van der Waals surface area contributed by atoms with E-state index in [9.17, 15) is 9.59 Å². The van der Waals surface area contributed by atoms with E-state index in [1.165, 1.54) is 6.07 Å². The number of carbonyl (C=O) groups excluding carboxylic acids is 1. The zero-order valence-corrected chi connectivity index (χ0v) is 17.9. The maximum absolute atomic E-state index is 13.0. The number of rotatable bonds is 4. The van der Waals surface area contributed by atoms with Crippen molar-refractivity contribution in [2.24, 2.45) is 0 Å². The summed E-state index contributed by atoms with van der Waals surface area (Å²) >= 11 is 0. The topological polar surface area (TPSA) is 76.3 Å². The maximum atomic E-state index is 13.0. The number of pyridine rings is 1. The monoisotopic (exact) mass is 428 g/mol. The van der Waals surface area contributed by atoms with Crippen LogP contribution >= 0.6 is 0 Å². The van der Waals surface area contributed by atoms with Gasteiger partial charge in [0.25, 0.3) is 11.5 Å². The van der Waals surface area contributed by atoms with E-state index in [4.69, 9.17) is 0 Å². The second kappa shape index (κ2) is 8.39. The van der Waals surface area contributed by atoms with E-state index in [0.29, 0.717) is 11.4 Å². The molecule has 32 heavy (non-hydrogen) atoms. The van der Waals surface area contributed by atoms with Gasteiger partial charge >= 0.3 is 0 Å². The summed E-state index contributed by atoms with van der Waals surface area (Å²) in [5.74, 6) is 0.451. The van der Waals surface area contributed by atoms with Crippen LogP contribution in [-0.2, 0) is 0 Å². The van der Waals surface area contributed by atoms with Crippen molar-refractivity contribution in [3.8, 4) is 11.5 Å². The lowest BCUT2D eigenvalue weighted by atomic mass is 10.1. The SMILES string of the molecule is CCN1CCN(C(=O)c2cccc(-n3cc(-n4c(=O)ccc5ccccc54)nn3)c2)CC1. The third-order valence-corrected chi connectivity index (χ3v) is 5.98. The molecule has 3 heterocycles. The Morgan fingerprint density at radius 3 is 2.59 bits per heavy atom. The number of carbonyl (C=O) groups is 1. The molecule has 5 rings (SSSR count). The number of hydrogen-bond donors (Lipinski definition) is 0. The van der Waals surface area contributed by atoms with Gasteiger partial charge < -0.3 is 9.80 Å². The van der Waals surface area contributed by atoms with E-state index in [2.05, 4.69) is 22.1 Å². The van der Waals surface area contributed by atoms with Gasteiger partial charge in [0.05, 0.1) is 17.4 Å². The summed E-state index contributed by atoms with van der Waals surface area (Å²) < 4.78 is 3.14. The summed E-state index contributed by atoms with van der Waals surface area (Å²) in [6, 6.07) is 18.3. The number of amides is 1. The average molecular weight is 428 g/mol. The van der Waals surface area contributed by atoms with E-state index < -0.39 is 0 Å².